The van der Waals surface area contributed by atoms with Gasteiger partial charge in [-0.2, -0.15) is 0 Å². The van der Waals surface area contributed by atoms with Crippen LogP contribution in [0.25, 0.3) is 0 Å². The van der Waals surface area contributed by atoms with Gasteiger partial charge in [0.05, 0.1) is 24.1 Å². The summed E-state index contributed by atoms with van der Waals surface area (Å²) in [6.07, 6.45) is 1.53. The molecule has 6 nitrogen and oxygen atoms in total. The van der Waals surface area contributed by atoms with Gasteiger partial charge in [0.15, 0.2) is 0 Å². The van der Waals surface area contributed by atoms with Crippen molar-refractivity contribution in [3.8, 4) is 5.75 Å². The van der Waals surface area contributed by atoms with Gasteiger partial charge in [0.2, 0.25) is 10.0 Å². The predicted molar refractivity (Wildman–Crippen MR) is 110 cm³/mol. The molecule has 0 fully saturated rings. The molecular weight excluding hydrogens is 432 g/mol. The van der Waals surface area contributed by atoms with Crippen LogP contribution in [0, 0.1) is 0 Å². The summed E-state index contributed by atoms with van der Waals surface area (Å²) in [6.45, 7) is 2.13. The molecule has 0 spiro atoms. The molecule has 1 N–H and O–H groups in total. The standard InChI is InChI=1S/C19H21BrN2O4S/c1-3-27(24,25)22-10-4-5-13-11-14(6-9-18(13)22)21-19(23)16-12-15(26-2)7-8-17(16)20/h6-9,11-12H,3-5,10H2,1-2H3,(H,21,23). The molecule has 1 aliphatic heterocycles. The lowest BCUT2D eigenvalue weighted by molar-refractivity contribution is 0.102. The monoisotopic (exact) mass is 452 g/mol. The van der Waals surface area contributed by atoms with Crippen LogP contribution in [0.1, 0.15) is 29.3 Å². The molecule has 0 unspecified atom stereocenters. The van der Waals surface area contributed by atoms with Crippen molar-refractivity contribution in [2.75, 3.05) is 29.0 Å². The Hall–Kier alpha value is -2.06. The molecular formula is C19H21BrN2O4S. The van der Waals surface area contributed by atoms with Gasteiger partial charge >= 0.3 is 0 Å². The minimum absolute atomic E-state index is 0.0643. The highest BCUT2D eigenvalue weighted by Gasteiger charge is 2.26. The van der Waals surface area contributed by atoms with Crippen LogP contribution < -0.4 is 14.4 Å². The molecule has 1 amide bonds. The first-order chi connectivity index (χ1) is 12.9. The quantitative estimate of drug-likeness (QED) is 0.747. The van der Waals surface area contributed by atoms with E-state index in [-0.39, 0.29) is 11.7 Å². The van der Waals surface area contributed by atoms with Crippen molar-refractivity contribution in [1.82, 2.24) is 0 Å². The zero-order chi connectivity index (χ0) is 19.6. The first kappa shape index (κ1) is 19.7. The Kier molecular flexibility index (Phi) is 5.76. The van der Waals surface area contributed by atoms with Crippen molar-refractivity contribution in [1.29, 1.82) is 0 Å². The Morgan fingerprint density at radius 1 is 1.26 bits per heavy atom. The molecule has 0 saturated heterocycles. The molecule has 0 atom stereocenters. The maximum Gasteiger partial charge on any atom is 0.256 e. The molecule has 0 radical (unpaired) electrons. The number of fused-ring (bicyclic) bond motifs is 1. The summed E-state index contributed by atoms with van der Waals surface area (Å²) >= 11 is 3.38. The van der Waals surface area contributed by atoms with E-state index in [1.54, 1.807) is 44.4 Å². The predicted octanol–water partition coefficient (Wildman–Crippen LogP) is 3.81. The Bertz CT molecular complexity index is 976. The molecule has 144 valence electrons. The third kappa shape index (κ3) is 4.11. The fourth-order valence-corrected chi connectivity index (χ4v) is 4.71. The lowest BCUT2D eigenvalue weighted by Gasteiger charge is -2.30. The number of benzene rings is 2. The lowest BCUT2D eigenvalue weighted by Crippen LogP contribution is -2.36. The Morgan fingerprint density at radius 2 is 2.04 bits per heavy atom. The van der Waals surface area contributed by atoms with Crippen molar-refractivity contribution in [2.45, 2.75) is 19.8 Å². The summed E-state index contributed by atoms with van der Waals surface area (Å²) in [4.78, 5) is 12.6. The number of hydrogen-bond acceptors (Lipinski definition) is 4. The van der Waals surface area contributed by atoms with Gasteiger partial charge in [-0.25, -0.2) is 8.42 Å². The lowest BCUT2D eigenvalue weighted by atomic mass is 10.0. The number of hydrogen-bond donors (Lipinski definition) is 1. The van der Waals surface area contributed by atoms with Gasteiger partial charge in [0.25, 0.3) is 5.91 Å². The van der Waals surface area contributed by atoms with Gasteiger partial charge < -0.3 is 10.1 Å². The number of aryl methyl sites for hydroxylation is 1. The number of nitrogens with zero attached hydrogens (tertiary/aromatic N) is 1. The number of rotatable bonds is 5. The molecule has 0 aliphatic carbocycles. The van der Waals surface area contributed by atoms with E-state index in [4.69, 9.17) is 4.74 Å². The first-order valence-electron chi connectivity index (χ1n) is 8.64. The van der Waals surface area contributed by atoms with Crippen LogP contribution in [-0.2, 0) is 16.4 Å². The van der Waals surface area contributed by atoms with Gasteiger partial charge in [0, 0.05) is 16.7 Å². The number of anilines is 2. The first-order valence-corrected chi connectivity index (χ1v) is 11.0. The smallest absolute Gasteiger partial charge is 0.256 e. The van der Waals surface area contributed by atoms with Crippen molar-refractivity contribution in [3.05, 3.63) is 52.0 Å². The van der Waals surface area contributed by atoms with E-state index in [1.165, 1.54) is 4.31 Å². The van der Waals surface area contributed by atoms with Crippen LogP contribution >= 0.6 is 15.9 Å². The van der Waals surface area contributed by atoms with E-state index >= 15 is 0 Å². The maximum atomic E-state index is 12.6. The molecule has 27 heavy (non-hydrogen) atoms. The average molecular weight is 453 g/mol. The second kappa shape index (κ2) is 7.90. The van der Waals surface area contributed by atoms with E-state index < -0.39 is 10.0 Å². The van der Waals surface area contributed by atoms with Crippen molar-refractivity contribution < 1.29 is 17.9 Å². The number of ether oxygens (including phenoxy) is 1. The van der Waals surface area contributed by atoms with Gasteiger partial charge in [0.1, 0.15) is 5.75 Å². The van der Waals surface area contributed by atoms with Crippen LogP contribution in [-0.4, -0.2) is 33.7 Å². The van der Waals surface area contributed by atoms with Crippen LogP contribution in [0.3, 0.4) is 0 Å². The average Bonchev–Trinajstić information content (AvgIpc) is 2.67. The largest absolute Gasteiger partial charge is 0.497 e. The van der Waals surface area contributed by atoms with E-state index in [9.17, 15) is 13.2 Å². The second-order valence-electron chi connectivity index (χ2n) is 6.22. The summed E-state index contributed by atoms with van der Waals surface area (Å²) in [5, 5.41) is 2.88. The minimum atomic E-state index is -3.30. The number of nitrogens with one attached hydrogen (secondary N) is 1. The molecule has 0 saturated carbocycles. The summed E-state index contributed by atoms with van der Waals surface area (Å²) in [5.41, 5.74) is 2.70. The molecule has 8 heteroatoms. The normalized spacial score (nSPS) is 13.8. The topological polar surface area (TPSA) is 75.7 Å². The summed E-state index contributed by atoms with van der Waals surface area (Å²) < 4.78 is 31.9. The number of amides is 1. The van der Waals surface area contributed by atoms with Gasteiger partial charge in [-0.15, -0.1) is 0 Å². The number of sulfonamides is 1. The zero-order valence-corrected chi connectivity index (χ0v) is 17.6. The Balaban J connectivity index is 1.87. The van der Waals surface area contributed by atoms with Crippen LogP contribution in [0.4, 0.5) is 11.4 Å². The van der Waals surface area contributed by atoms with E-state index in [0.717, 1.165) is 18.4 Å². The van der Waals surface area contributed by atoms with E-state index in [1.807, 2.05) is 6.07 Å². The molecule has 0 bridgehead atoms. The molecule has 1 heterocycles. The third-order valence-electron chi connectivity index (χ3n) is 4.53. The molecule has 2 aromatic rings. The van der Waals surface area contributed by atoms with Crippen molar-refractivity contribution in [3.63, 3.8) is 0 Å². The zero-order valence-electron chi connectivity index (χ0n) is 15.2. The van der Waals surface area contributed by atoms with E-state index in [2.05, 4.69) is 21.2 Å². The highest BCUT2D eigenvalue weighted by molar-refractivity contribution is 9.10. The van der Waals surface area contributed by atoms with Gasteiger partial charge in [-0.1, -0.05) is 0 Å². The highest BCUT2D eigenvalue weighted by Crippen LogP contribution is 2.32. The van der Waals surface area contributed by atoms with Gasteiger partial charge in [-0.05, 0) is 77.7 Å². The van der Waals surface area contributed by atoms with Crippen molar-refractivity contribution >= 4 is 43.2 Å². The minimum Gasteiger partial charge on any atom is -0.497 e. The molecule has 3 rings (SSSR count). The highest BCUT2D eigenvalue weighted by atomic mass is 79.9. The van der Waals surface area contributed by atoms with Gasteiger partial charge in [-0.3, -0.25) is 9.10 Å². The number of halogens is 1. The third-order valence-corrected chi connectivity index (χ3v) is 7.00. The van der Waals surface area contributed by atoms with Crippen molar-refractivity contribution in [2.24, 2.45) is 0 Å². The SMILES string of the molecule is CCS(=O)(=O)N1CCCc2cc(NC(=O)c3cc(OC)ccc3Br)ccc21. The maximum absolute atomic E-state index is 12.6. The Labute approximate surface area is 167 Å². The summed E-state index contributed by atoms with van der Waals surface area (Å²) in [7, 11) is -1.75. The second-order valence-corrected chi connectivity index (χ2v) is 9.26. The van der Waals surface area contributed by atoms with Crippen LogP contribution in [0.5, 0.6) is 5.75 Å². The summed E-state index contributed by atoms with van der Waals surface area (Å²) in [6, 6.07) is 10.5. The van der Waals surface area contributed by atoms with E-state index in [0.29, 0.717) is 33.7 Å². The number of methoxy groups -OCH3 is 1. The van der Waals surface area contributed by atoms with Crippen LogP contribution in [0.15, 0.2) is 40.9 Å². The fraction of sp³-hybridized carbons (Fsp3) is 0.316. The molecule has 2 aromatic carbocycles. The summed E-state index contributed by atoms with van der Waals surface area (Å²) in [5.74, 6) is 0.387. The van der Waals surface area contributed by atoms with Crippen LogP contribution in [0.2, 0.25) is 0 Å². The Morgan fingerprint density at radius 3 is 2.74 bits per heavy atom. The fourth-order valence-electron chi connectivity index (χ4n) is 3.09. The number of carbonyl (C=O) groups is 1. The molecule has 1 aliphatic rings. The number of carbonyl (C=O) groups excluding carboxylic acids is 1. The molecule has 0 aromatic heterocycles.